The molecule has 0 N–H and O–H groups in total. The summed E-state index contributed by atoms with van der Waals surface area (Å²) < 4.78 is 28.9. The molecule has 0 unspecified atom stereocenters. The summed E-state index contributed by atoms with van der Waals surface area (Å²) in [5, 5.41) is 6.00. The quantitative estimate of drug-likeness (QED) is 0.874. The summed E-state index contributed by atoms with van der Waals surface area (Å²) in [4.78, 5) is 0. The van der Waals surface area contributed by atoms with Crippen LogP contribution in [0.1, 0.15) is 19.3 Å². The van der Waals surface area contributed by atoms with Crippen LogP contribution in [0.3, 0.4) is 0 Å². The first kappa shape index (κ1) is 13.8. The summed E-state index contributed by atoms with van der Waals surface area (Å²) in [6.07, 6.45) is 4.75. The molecule has 0 saturated carbocycles. The highest BCUT2D eigenvalue weighted by Crippen LogP contribution is 2.30. The van der Waals surface area contributed by atoms with E-state index in [1.807, 2.05) is 18.5 Å². The number of hydrogen-bond acceptors (Lipinski definition) is 4. The number of rotatable bonds is 3. The first-order valence-corrected chi connectivity index (χ1v) is 8.98. The van der Waals surface area contributed by atoms with Gasteiger partial charge in [-0.15, -0.1) is 11.3 Å². The second-order valence-electron chi connectivity index (χ2n) is 4.96. The molecule has 0 atom stereocenters. The van der Waals surface area contributed by atoms with Gasteiger partial charge in [-0.25, -0.2) is 8.42 Å². The molecule has 20 heavy (non-hydrogen) atoms. The van der Waals surface area contributed by atoms with Crippen molar-refractivity contribution >= 4 is 21.4 Å². The van der Waals surface area contributed by atoms with Gasteiger partial charge in [-0.1, -0.05) is 6.42 Å². The molecule has 2 aromatic heterocycles. The Morgan fingerprint density at radius 2 is 2.00 bits per heavy atom. The van der Waals surface area contributed by atoms with Crippen molar-refractivity contribution in [3.8, 4) is 11.3 Å². The lowest BCUT2D eigenvalue weighted by Crippen LogP contribution is -2.35. The third kappa shape index (κ3) is 2.41. The van der Waals surface area contributed by atoms with Crippen LogP contribution in [0.25, 0.3) is 11.3 Å². The van der Waals surface area contributed by atoms with Gasteiger partial charge in [0.15, 0.2) is 0 Å². The predicted octanol–water partition coefficient (Wildman–Crippen LogP) is 2.32. The maximum absolute atomic E-state index is 12.6. The van der Waals surface area contributed by atoms with Gasteiger partial charge >= 0.3 is 0 Å². The van der Waals surface area contributed by atoms with E-state index in [9.17, 15) is 8.42 Å². The van der Waals surface area contributed by atoms with Crippen LogP contribution in [0.4, 0.5) is 0 Å². The van der Waals surface area contributed by atoms with Crippen molar-refractivity contribution in [2.75, 3.05) is 13.1 Å². The summed E-state index contributed by atoms with van der Waals surface area (Å²) in [6, 6.07) is 3.64. The molecule has 1 fully saturated rings. The van der Waals surface area contributed by atoms with Crippen LogP contribution in [0.5, 0.6) is 0 Å². The molecule has 2 aromatic rings. The summed E-state index contributed by atoms with van der Waals surface area (Å²) in [5.41, 5.74) is 1.84. The molecule has 5 nitrogen and oxygen atoms in total. The summed E-state index contributed by atoms with van der Waals surface area (Å²) in [6.45, 7) is 1.28. The van der Waals surface area contributed by atoms with Gasteiger partial charge in [-0.3, -0.25) is 4.68 Å². The Kier molecular flexibility index (Phi) is 3.66. The van der Waals surface area contributed by atoms with Crippen molar-refractivity contribution < 1.29 is 8.42 Å². The highest BCUT2D eigenvalue weighted by Gasteiger charge is 2.27. The van der Waals surface area contributed by atoms with E-state index in [0.29, 0.717) is 17.3 Å². The van der Waals surface area contributed by atoms with Crippen molar-refractivity contribution in [2.24, 2.45) is 7.05 Å². The Morgan fingerprint density at radius 1 is 1.25 bits per heavy atom. The maximum atomic E-state index is 12.6. The zero-order valence-corrected chi connectivity index (χ0v) is 13.0. The Hall–Kier alpha value is -1.18. The third-order valence-corrected chi connectivity index (χ3v) is 6.92. The van der Waals surface area contributed by atoms with E-state index in [2.05, 4.69) is 5.10 Å². The molecule has 1 aliphatic rings. The smallest absolute Gasteiger partial charge is 0.252 e. The van der Waals surface area contributed by atoms with E-state index >= 15 is 0 Å². The van der Waals surface area contributed by atoms with Gasteiger partial charge < -0.3 is 0 Å². The van der Waals surface area contributed by atoms with E-state index in [4.69, 9.17) is 0 Å². The Morgan fingerprint density at radius 3 is 2.65 bits per heavy atom. The van der Waals surface area contributed by atoms with Crippen molar-refractivity contribution in [1.29, 1.82) is 0 Å². The zero-order valence-electron chi connectivity index (χ0n) is 11.3. The largest absolute Gasteiger partial charge is 0.268 e. The van der Waals surface area contributed by atoms with Gasteiger partial charge in [0.25, 0.3) is 10.0 Å². The number of sulfonamides is 1. The molecule has 3 rings (SSSR count). The Labute approximate surface area is 122 Å². The second kappa shape index (κ2) is 5.31. The number of hydrogen-bond donors (Lipinski definition) is 0. The van der Waals surface area contributed by atoms with Gasteiger partial charge in [0.05, 0.1) is 5.69 Å². The molecule has 0 amide bonds. The number of aryl methyl sites for hydroxylation is 1. The van der Waals surface area contributed by atoms with Gasteiger partial charge in [0, 0.05) is 37.3 Å². The minimum absolute atomic E-state index is 0.426. The molecule has 1 aliphatic heterocycles. The number of piperidine rings is 1. The van der Waals surface area contributed by atoms with Crippen LogP contribution in [0, 0.1) is 0 Å². The van der Waals surface area contributed by atoms with E-state index in [1.54, 1.807) is 21.3 Å². The van der Waals surface area contributed by atoms with Crippen molar-refractivity contribution in [3.05, 3.63) is 23.7 Å². The summed E-state index contributed by atoms with van der Waals surface area (Å²) >= 11 is 1.29. The van der Waals surface area contributed by atoms with Crippen LogP contribution in [0.15, 0.2) is 27.9 Å². The fraction of sp³-hybridized carbons (Fsp3) is 0.462. The molecule has 0 radical (unpaired) electrons. The minimum atomic E-state index is -3.32. The average molecular weight is 311 g/mol. The number of aromatic nitrogens is 2. The maximum Gasteiger partial charge on any atom is 0.252 e. The molecule has 108 valence electrons. The van der Waals surface area contributed by atoms with Crippen molar-refractivity contribution in [3.63, 3.8) is 0 Å². The normalized spacial score (nSPS) is 17.4. The molecule has 0 aromatic carbocycles. The third-order valence-electron chi connectivity index (χ3n) is 3.60. The summed E-state index contributed by atoms with van der Waals surface area (Å²) in [5.74, 6) is 0. The lowest BCUT2D eigenvalue weighted by molar-refractivity contribution is 0.347. The monoisotopic (exact) mass is 311 g/mol. The Balaban J connectivity index is 1.91. The van der Waals surface area contributed by atoms with Gasteiger partial charge in [0.2, 0.25) is 0 Å². The average Bonchev–Trinajstić information content (AvgIpc) is 3.08. The molecule has 0 spiro atoms. The number of thiophene rings is 1. The van der Waals surface area contributed by atoms with Crippen LogP contribution >= 0.6 is 11.3 Å². The van der Waals surface area contributed by atoms with Gasteiger partial charge in [-0.2, -0.15) is 9.40 Å². The first-order valence-electron chi connectivity index (χ1n) is 6.66. The number of nitrogens with zero attached hydrogens (tertiary/aromatic N) is 3. The molecular weight excluding hydrogens is 294 g/mol. The predicted molar refractivity (Wildman–Crippen MR) is 79.1 cm³/mol. The van der Waals surface area contributed by atoms with E-state index in [-0.39, 0.29) is 0 Å². The van der Waals surface area contributed by atoms with E-state index in [0.717, 1.165) is 30.5 Å². The van der Waals surface area contributed by atoms with Crippen LogP contribution in [0.2, 0.25) is 0 Å². The summed E-state index contributed by atoms with van der Waals surface area (Å²) in [7, 11) is -1.47. The highest BCUT2D eigenvalue weighted by atomic mass is 32.2. The standard InChI is InChI=1S/C13H17N3O2S2/c1-15-12(5-6-14-15)11-9-13(19-10-11)20(17,18)16-7-3-2-4-8-16/h5-6,9-10H,2-4,7-8H2,1H3. The zero-order chi connectivity index (χ0) is 14.2. The van der Waals surface area contributed by atoms with E-state index < -0.39 is 10.0 Å². The Bertz CT molecular complexity index is 697. The minimum Gasteiger partial charge on any atom is -0.268 e. The topological polar surface area (TPSA) is 55.2 Å². The fourth-order valence-electron chi connectivity index (χ4n) is 2.48. The molecule has 0 aliphatic carbocycles. The SMILES string of the molecule is Cn1nccc1-c1csc(S(=O)(=O)N2CCCCC2)c1. The lowest BCUT2D eigenvalue weighted by atomic mass is 10.2. The molecule has 7 heteroatoms. The van der Waals surface area contributed by atoms with E-state index in [1.165, 1.54) is 11.3 Å². The fourth-order valence-corrected chi connectivity index (χ4v) is 5.32. The van der Waals surface area contributed by atoms with Gasteiger partial charge in [-0.05, 0) is 25.0 Å². The molecular formula is C13H17N3O2S2. The van der Waals surface area contributed by atoms with Crippen LogP contribution in [-0.2, 0) is 17.1 Å². The van der Waals surface area contributed by atoms with Crippen LogP contribution in [-0.4, -0.2) is 35.6 Å². The first-order chi connectivity index (χ1) is 9.59. The lowest BCUT2D eigenvalue weighted by Gasteiger charge is -2.25. The molecule has 3 heterocycles. The van der Waals surface area contributed by atoms with Crippen molar-refractivity contribution in [2.45, 2.75) is 23.5 Å². The van der Waals surface area contributed by atoms with Crippen LogP contribution < -0.4 is 0 Å². The highest BCUT2D eigenvalue weighted by molar-refractivity contribution is 7.91. The molecule has 0 bridgehead atoms. The van der Waals surface area contributed by atoms with Gasteiger partial charge in [0.1, 0.15) is 4.21 Å². The van der Waals surface area contributed by atoms with Crippen molar-refractivity contribution in [1.82, 2.24) is 14.1 Å². The second-order valence-corrected chi connectivity index (χ2v) is 8.04. The molecule has 1 saturated heterocycles.